The molecular weight excluding hydrogens is 284 g/mol. The topological polar surface area (TPSA) is 89.1 Å². The third-order valence-corrected chi connectivity index (χ3v) is 3.80. The summed E-state index contributed by atoms with van der Waals surface area (Å²) in [7, 11) is 1.89. The number of hydrogen-bond donors (Lipinski definition) is 1. The van der Waals surface area contributed by atoms with Gasteiger partial charge >= 0.3 is 5.69 Å². The van der Waals surface area contributed by atoms with Crippen LogP contribution in [0.4, 0.5) is 17.2 Å². The van der Waals surface area contributed by atoms with Crippen molar-refractivity contribution in [3.8, 4) is 0 Å². The molecule has 0 radical (unpaired) electrons. The smallest absolute Gasteiger partial charge is 0.311 e. The maximum absolute atomic E-state index is 11.1. The van der Waals surface area contributed by atoms with Crippen LogP contribution in [0.2, 0.25) is 0 Å². The van der Waals surface area contributed by atoms with Gasteiger partial charge in [0.25, 0.3) is 0 Å². The van der Waals surface area contributed by atoms with E-state index in [-0.39, 0.29) is 11.7 Å². The number of anilines is 2. The zero-order chi connectivity index (χ0) is 15.5. The van der Waals surface area contributed by atoms with E-state index in [9.17, 15) is 10.1 Å². The van der Waals surface area contributed by atoms with Crippen molar-refractivity contribution in [2.24, 2.45) is 7.05 Å². The number of nitrogens with one attached hydrogen (secondary N) is 1. The van der Waals surface area contributed by atoms with Crippen LogP contribution in [0.3, 0.4) is 0 Å². The summed E-state index contributed by atoms with van der Waals surface area (Å²) in [6, 6.07) is 3.17. The van der Waals surface area contributed by atoms with Crippen molar-refractivity contribution < 1.29 is 4.92 Å². The van der Waals surface area contributed by atoms with E-state index in [4.69, 9.17) is 0 Å². The summed E-state index contributed by atoms with van der Waals surface area (Å²) in [5, 5.41) is 18.5. The van der Waals surface area contributed by atoms with E-state index in [1.54, 1.807) is 16.9 Å². The van der Waals surface area contributed by atoms with E-state index in [1.807, 2.05) is 19.4 Å². The number of aryl methyl sites for hydroxylation is 1. The van der Waals surface area contributed by atoms with E-state index < -0.39 is 4.92 Å². The van der Waals surface area contributed by atoms with Crippen LogP contribution in [0.5, 0.6) is 0 Å². The zero-order valence-electron chi connectivity index (χ0n) is 12.3. The quantitative estimate of drug-likeness (QED) is 0.684. The number of hydrogen-bond acceptors (Lipinski definition) is 6. The van der Waals surface area contributed by atoms with Gasteiger partial charge in [-0.2, -0.15) is 5.10 Å². The van der Waals surface area contributed by atoms with Gasteiger partial charge in [-0.25, -0.2) is 4.98 Å². The van der Waals surface area contributed by atoms with Crippen LogP contribution >= 0.6 is 0 Å². The third-order valence-electron chi connectivity index (χ3n) is 3.80. The van der Waals surface area contributed by atoms with Crippen molar-refractivity contribution in [1.29, 1.82) is 0 Å². The SMILES string of the molecule is Cn1cc(N2CCCC(Nc3ncccc3[N+](=O)[O-])C2)cn1. The molecule has 1 unspecified atom stereocenters. The van der Waals surface area contributed by atoms with Gasteiger partial charge in [0.2, 0.25) is 5.82 Å². The van der Waals surface area contributed by atoms with Gasteiger partial charge in [0, 0.05) is 44.6 Å². The average Bonchev–Trinajstić information content (AvgIpc) is 2.94. The first kappa shape index (κ1) is 14.3. The first-order valence-electron chi connectivity index (χ1n) is 7.23. The van der Waals surface area contributed by atoms with Crippen LogP contribution in [0, 0.1) is 10.1 Å². The first-order chi connectivity index (χ1) is 10.6. The number of nitrogens with zero attached hydrogens (tertiary/aromatic N) is 5. The van der Waals surface area contributed by atoms with Crippen LogP contribution in [0.1, 0.15) is 12.8 Å². The van der Waals surface area contributed by atoms with Gasteiger partial charge in [-0.1, -0.05) is 0 Å². The first-order valence-corrected chi connectivity index (χ1v) is 7.23. The summed E-state index contributed by atoms with van der Waals surface area (Å²) in [6.07, 6.45) is 7.37. The minimum absolute atomic E-state index is 0.0148. The summed E-state index contributed by atoms with van der Waals surface area (Å²) in [5.41, 5.74) is 1.09. The van der Waals surface area contributed by atoms with E-state index in [1.165, 1.54) is 6.07 Å². The molecule has 8 heteroatoms. The number of piperidine rings is 1. The molecular formula is C14H18N6O2. The molecule has 116 valence electrons. The Bertz CT molecular complexity index is 671. The Morgan fingerprint density at radius 3 is 3.09 bits per heavy atom. The van der Waals surface area contributed by atoms with Crippen LogP contribution in [0.15, 0.2) is 30.7 Å². The number of aromatic nitrogens is 3. The predicted octanol–water partition coefficient (Wildman–Crippen LogP) is 1.80. The van der Waals surface area contributed by atoms with E-state index in [0.717, 1.165) is 31.6 Å². The van der Waals surface area contributed by atoms with Gasteiger partial charge in [-0.05, 0) is 18.9 Å². The molecule has 0 amide bonds. The molecule has 1 fully saturated rings. The van der Waals surface area contributed by atoms with Crippen LogP contribution in [-0.2, 0) is 7.05 Å². The third kappa shape index (κ3) is 3.00. The Kier molecular flexibility index (Phi) is 3.90. The summed E-state index contributed by atoms with van der Waals surface area (Å²) in [4.78, 5) is 17.0. The van der Waals surface area contributed by atoms with Crippen molar-refractivity contribution in [3.63, 3.8) is 0 Å². The van der Waals surface area contributed by atoms with Gasteiger partial charge in [0.05, 0.1) is 16.8 Å². The summed E-state index contributed by atoms with van der Waals surface area (Å²) >= 11 is 0. The lowest BCUT2D eigenvalue weighted by atomic mass is 10.1. The normalized spacial score (nSPS) is 18.2. The maximum Gasteiger partial charge on any atom is 0.311 e. The Morgan fingerprint density at radius 2 is 2.36 bits per heavy atom. The lowest BCUT2D eigenvalue weighted by Gasteiger charge is -2.33. The molecule has 3 rings (SSSR count). The molecule has 1 aliphatic rings. The minimum Gasteiger partial charge on any atom is -0.367 e. The number of pyridine rings is 1. The molecule has 8 nitrogen and oxygen atoms in total. The molecule has 3 heterocycles. The number of nitro groups is 1. The molecule has 0 aliphatic carbocycles. The van der Waals surface area contributed by atoms with Crippen LogP contribution in [-0.4, -0.2) is 38.8 Å². The molecule has 0 saturated carbocycles. The molecule has 0 aromatic carbocycles. The second kappa shape index (κ2) is 6.00. The largest absolute Gasteiger partial charge is 0.367 e. The monoisotopic (exact) mass is 302 g/mol. The lowest BCUT2D eigenvalue weighted by molar-refractivity contribution is -0.384. The van der Waals surface area contributed by atoms with Crippen LogP contribution < -0.4 is 10.2 Å². The van der Waals surface area contributed by atoms with Crippen molar-refractivity contribution in [1.82, 2.24) is 14.8 Å². The average molecular weight is 302 g/mol. The fraction of sp³-hybridized carbons (Fsp3) is 0.429. The molecule has 1 N–H and O–H groups in total. The summed E-state index contributed by atoms with van der Waals surface area (Å²) < 4.78 is 1.77. The van der Waals surface area contributed by atoms with Crippen LogP contribution in [0.25, 0.3) is 0 Å². The van der Waals surface area contributed by atoms with Gasteiger partial charge in [-0.3, -0.25) is 14.8 Å². The summed E-state index contributed by atoms with van der Waals surface area (Å²) in [5.74, 6) is 0.338. The van der Waals surface area contributed by atoms with Gasteiger partial charge in [0.15, 0.2) is 0 Å². The Morgan fingerprint density at radius 1 is 1.50 bits per heavy atom. The van der Waals surface area contributed by atoms with E-state index >= 15 is 0 Å². The van der Waals surface area contributed by atoms with Crippen molar-refractivity contribution >= 4 is 17.2 Å². The van der Waals surface area contributed by atoms with Crippen molar-refractivity contribution in [3.05, 3.63) is 40.8 Å². The highest BCUT2D eigenvalue weighted by Crippen LogP contribution is 2.25. The Labute approximate surface area is 127 Å². The van der Waals surface area contributed by atoms with Crippen molar-refractivity contribution in [2.45, 2.75) is 18.9 Å². The second-order valence-electron chi connectivity index (χ2n) is 5.43. The van der Waals surface area contributed by atoms with E-state index in [2.05, 4.69) is 20.3 Å². The van der Waals surface area contributed by atoms with Gasteiger partial charge in [-0.15, -0.1) is 0 Å². The molecule has 0 bridgehead atoms. The Hall–Kier alpha value is -2.64. The van der Waals surface area contributed by atoms with Gasteiger partial charge in [0.1, 0.15) is 0 Å². The highest BCUT2D eigenvalue weighted by molar-refractivity contribution is 5.56. The standard InChI is InChI=1S/C14H18N6O2/c1-18-10-12(8-16-18)19-7-3-4-11(9-19)17-14-13(20(21)22)5-2-6-15-14/h2,5-6,8,10-11H,3-4,7,9H2,1H3,(H,15,17). The fourth-order valence-corrected chi connectivity index (χ4v) is 2.75. The molecule has 2 aromatic heterocycles. The predicted molar refractivity (Wildman–Crippen MR) is 83.0 cm³/mol. The second-order valence-corrected chi connectivity index (χ2v) is 5.43. The molecule has 1 saturated heterocycles. The molecule has 0 spiro atoms. The molecule has 1 atom stereocenters. The van der Waals surface area contributed by atoms with Crippen molar-refractivity contribution in [2.75, 3.05) is 23.3 Å². The lowest BCUT2D eigenvalue weighted by Crippen LogP contribution is -2.42. The highest BCUT2D eigenvalue weighted by atomic mass is 16.6. The van der Waals surface area contributed by atoms with Gasteiger partial charge < -0.3 is 10.2 Å². The molecule has 22 heavy (non-hydrogen) atoms. The van der Waals surface area contributed by atoms with E-state index in [0.29, 0.717) is 5.82 Å². The fourth-order valence-electron chi connectivity index (χ4n) is 2.75. The highest BCUT2D eigenvalue weighted by Gasteiger charge is 2.24. The number of rotatable bonds is 4. The summed E-state index contributed by atoms with van der Waals surface area (Å²) in [6.45, 7) is 1.74. The zero-order valence-corrected chi connectivity index (χ0v) is 12.3. The Balaban J connectivity index is 1.72. The maximum atomic E-state index is 11.1. The molecule has 1 aliphatic heterocycles. The molecule has 2 aromatic rings. The minimum atomic E-state index is -0.406.